The molecule has 0 aliphatic rings. The van der Waals surface area contributed by atoms with Gasteiger partial charge in [0.05, 0.1) is 11.6 Å². The summed E-state index contributed by atoms with van der Waals surface area (Å²) in [5.41, 5.74) is 2.96. The highest BCUT2D eigenvalue weighted by Crippen LogP contribution is 2.29. The fourth-order valence-electron chi connectivity index (χ4n) is 2.38. The molecule has 3 rings (SSSR count). The lowest BCUT2D eigenvalue weighted by Gasteiger charge is -2.18. The molecule has 4 heteroatoms. The van der Waals surface area contributed by atoms with E-state index in [0.717, 1.165) is 27.2 Å². The average molecular weight is 317 g/mol. The van der Waals surface area contributed by atoms with Crippen LogP contribution in [0.5, 0.6) is 0 Å². The molecule has 2 nitrogen and oxygen atoms in total. The molecule has 3 aromatic rings. The molecule has 0 amide bonds. The number of pyridine rings is 1. The van der Waals surface area contributed by atoms with E-state index in [9.17, 15) is 0 Å². The average Bonchev–Trinajstić information content (AvgIpc) is 2.47. The van der Waals surface area contributed by atoms with Crippen LogP contribution in [-0.4, -0.2) is 4.98 Å². The summed E-state index contributed by atoms with van der Waals surface area (Å²) in [4.78, 5) is 4.35. The van der Waals surface area contributed by atoms with E-state index in [2.05, 4.69) is 17.2 Å². The van der Waals surface area contributed by atoms with Gasteiger partial charge in [-0.25, -0.2) is 0 Å². The number of aromatic nitrogens is 1. The van der Waals surface area contributed by atoms with E-state index in [1.165, 1.54) is 0 Å². The largest absolute Gasteiger partial charge is 0.378 e. The first-order valence-electron chi connectivity index (χ1n) is 6.70. The summed E-state index contributed by atoms with van der Waals surface area (Å²) in [6, 6.07) is 15.6. The van der Waals surface area contributed by atoms with Crippen molar-refractivity contribution in [2.24, 2.45) is 0 Å². The number of anilines is 1. The molecule has 0 fully saturated rings. The van der Waals surface area contributed by atoms with Gasteiger partial charge in [0.1, 0.15) is 0 Å². The Hall–Kier alpha value is -1.77. The van der Waals surface area contributed by atoms with Crippen molar-refractivity contribution in [2.45, 2.75) is 13.0 Å². The van der Waals surface area contributed by atoms with E-state index >= 15 is 0 Å². The number of nitrogens with zero attached hydrogens (tertiary/aromatic N) is 1. The van der Waals surface area contributed by atoms with Crippen molar-refractivity contribution >= 4 is 39.8 Å². The Morgan fingerprint density at radius 1 is 1.05 bits per heavy atom. The Morgan fingerprint density at radius 3 is 2.67 bits per heavy atom. The monoisotopic (exact) mass is 316 g/mol. The minimum absolute atomic E-state index is 0.0972. The normalized spacial score (nSPS) is 12.3. The quantitative estimate of drug-likeness (QED) is 0.669. The zero-order chi connectivity index (χ0) is 14.8. The molecule has 21 heavy (non-hydrogen) atoms. The summed E-state index contributed by atoms with van der Waals surface area (Å²) in [5.74, 6) is 0. The topological polar surface area (TPSA) is 24.9 Å². The smallest absolute Gasteiger partial charge is 0.0737 e. The summed E-state index contributed by atoms with van der Waals surface area (Å²) < 4.78 is 0. The van der Waals surface area contributed by atoms with Crippen molar-refractivity contribution in [3.05, 3.63) is 70.3 Å². The zero-order valence-corrected chi connectivity index (χ0v) is 13.0. The third-order valence-electron chi connectivity index (χ3n) is 3.45. The van der Waals surface area contributed by atoms with Gasteiger partial charge in [-0.15, -0.1) is 0 Å². The fourth-order valence-corrected chi connectivity index (χ4v) is 2.85. The van der Waals surface area contributed by atoms with Crippen LogP contribution in [0.3, 0.4) is 0 Å². The summed E-state index contributed by atoms with van der Waals surface area (Å²) in [5, 5.41) is 5.99. The third kappa shape index (κ3) is 2.97. The van der Waals surface area contributed by atoms with Crippen molar-refractivity contribution < 1.29 is 0 Å². The Morgan fingerprint density at radius 2 is 1.86 bits per heavy atom. The summed E-state index contributed by atoms with van der Waals surface area (Å²) in [6.07, 6.45) is 1.78. The molecule has 0 saturated heterocycles. The molecule has 0 unspecified atom stereocenters. The minimum Gasteiger partial charge on any atom is -0.378 e. The molecule has 0 aliphatic heterocycles. The Bertz CT molecular complexity index is 787. The maximum atomic E-state index is 6.25. The van der Waals surface area contributed by atoms with Crippen molar-refractivity contribution in [3.8, 4) is 0 Å². The first kappa shape index (κ1) is 14.2. The summed E-state index contributed by atoms with van der Waals surface area (Å²) >= 11 is 12.3. The number of nitrogens with one attached hydrogen (secondary N) is 1. The molecule has 1 N–H and O–H groups in total. The van der Waals surface area contributed by atoms with Gasteiger partial charge in [-0.1, -0.05) is 41.4 Å². The predicted molar refractivity (Wildman–Crippen MR) is 90.2 cm³/mol. The molecule has 0 bridgehead atoms. The van der Waals surface area contributed by atoms with Crippen LogP contribution in [0, 0.1) is 0 Å². The van der Waals surface area contributed by atoms with Crippen LogP contribution >= 0.6 is 23.2 Å². The Labute approximate surface area is 133 Å². The number of fused-ring (bicyclic) bond motifs is 1. The van der Waals surface area contributed by atoms with Crippen LogP contribution in [0.1, 0.15) is 18.5 Å². The minimum atomic E-state index is 0.0972. The lowest BCUT2D eigenvalue weighted by Crippen LogP contribution is -2.07. The second kappa shape index (κ2) is 5.92. The van der Waals surface area contributed by atoms with E-state index in [1.807, 2.05) is 48.5 Å². The summed E-state index contributed by atoms with van der Waals surface area (Å²) in [7, 11) is 0. The molecule has 1 heterocycles. The molecule has 0 spiro atoms. The molecule has 2 aromatic carbocycles. The standard InChI is InChI=1S/C17H14Cl2N2/c1-11(13-4-2-3-5-15(13)19)21-16-8-9-20-17-10-12(18)6-7-14(16)17/h2-11H,1H3,(H,20,21)/t11-/m0/s1. The van der Waals surface area contributed by atoms with Crippen LogP contribution in [0.2, 0.25) is 10.0 Å². The third-order valence-corrected chi connectivity index (χ3v) is 4.03. The molecule has 0 saturated carbocycles. The van der Waals surface area contributed by atoms with Gasteiger partial charge in [-0.3, -0.25) is 4.98 Å². The maximum Gasteiger partial charge on any atom is 0.0737 e. The van der Waals surface area contributed by atoms with Gasteiger partial charge in [-0.05, 0) is 42.8 Å². The molecule has 1 aromatic heterocycles. The molecular formula is C17H14Cl2N2. The van der Waals surface area contributed by atoms with Crippen LogP contribution < -0.4 is 5.32 Å². The molecule has 0 radical (unpaired) electrons. The SMILES string of the molecule is C[C@H](Nc1ccnc2cc(Cl)ccc12)c1ccccc1Cl. The first-order chi connectivity index (χ1) is 10.1. The van der Waals surface area contributed by atoms with Crippen LogP contribution in [0.4, 0.5) is 5.69 Å². The van der Waals surface area contributed by atoms with Gasteiger partial charge in [0.2, 0.25) is 0 Å². The molecular weight excluding hydrogens is 303 g/mol. The number of hydrogen-bond donors (Lipinski definition) is 1. The van der Waals surface area contributed by atoms with Crippen LogP contribution in [0.25, 0.3) is 10.9 Å². The van der Waals surface area contributed by atoms with Crippen LogP contribution in [-0.2, 0) is 0 Å². The number of halogens is 2. The first-order valence-corrected chi connectivity index (χ1v) is 7.46. The van der Waals surface area contributed by atoms with Crippen molar-refractivity contribution in [1.82, 2.24) is 4.98 Å². The van der Waals surface area contributed by atoms with Gasteiger partial charge in [0, 0.05) is 27.3 Å². The van der Waals surface area contributed by atoms with E-state index in [0.29, 0.717) is 5.02 Å². The molecule has 1 atom stereocenters. The maximum absolute atomic E-state index is 6.25. The van der Waals surface area contributed by atoms with E-state index in [4.69, 9.17) is 23.2 Å². The van der Waals surface area contributed by atoms with Crippen molar-refractivity contribution in [1.29, 1.82) is 0 Å². The second-order valence-electron chi connectivity index (χ2n) is 4.91. The number of hydrogen-bond acceptors (Lipinski definition) is 2. The predicted octanol–water partition coefficient (Wildman–Crippen LogP) is 5.71. The van der Waals surface area contributed by atoms with Gasteiger partial charge in [0.15, 0.2) is 0 Å². The number of rotatable bonds is 3. The van der Waals surface area contributed by atoms with Crippen molar-refractivity contribution in [2.75, 3.05) is 5.32 Å². The number of benzene rings is 2. The summed E-state index contributed by atoms with van der Waals surface area (Å²) in [6.45, 7) is 2.09. The highest BCUT2D eigenvalue weighted by molar-refractivity contribution is 6.31. The van der Waals surface area contributed by atoms with Gasteiger partial charge >= 0.3 is 0 Å². The Kier molecular flexibility index (Phi) is 4.00. The highest BCUT2D eigenvalue weighted by atomic mass is 35.5. The Balaban J connectivity index is 1.97. The van der Waals surface area contributed by atoms with Crippen molar-refractivity contribution in [3.63, 3.8) is 0 Å². The van der Waals surface area contributed by atoms with E-state index in [-0.39, 0.29) is 6.04 Å². The second-order valence-corrected chi connectivity index (χ2v) is 5.75. The fraction of sp³-hybridized carbons (Fsp3) is 0.118. The van der Waals surface area contributed by atoms with Gasteiger partial charge < -0.3 is 5.32 Å². The lowest BCUT2D eigenvalue weighted by molar-refractivity contribution is 0.887. The van der Waals surface area contributed by atoms with Gasteiger partial charge in [-0.2, -0.15) is 0 Å². The molecule has 106 valence electrons. The van der Waals surface area contributed by atoms with E-state index < -0.39 is 0 Å². The zero-order valence-electron chi connectivity index (χ0n) is 11.5. The van der Waals surface area contributed by atoms with Crippen LogP contribution in [0.15, 0.2) is 54.7 Å². The highest BCUT2D eigenvalue weighted by Gasteiger charge is 2.10. The van der Waals surface area contributed by atoms with E-state index in [1.54, 1.807) is 6.20 Å². The molecule has 0 aliphatic carbocycles. The lowest BCUT2D eigenvalue weighted by atomic mass is 10.1. The van der Waals surface area contributed by atoms with Gasteiger partial charge in [0.25, 0.3) is 0 Å².